The average Bonchev–Trinajstić information content (AvgIpc) is 3.09. The van der Waals surface area contributed by atoms with Crippen molar-refractivity contribution in [2.24, 2.45) is 17.8 Å². The zero-order valence-electron chi connectivity index (χ0n) is 18.1. The average molecular weight is 399 g/mol. The Balaban J connectivity index is 1.48. The molecule has 0 bridgehead atoms. The molecule has 1 aliphatic heterocycles. The Bertz CT molecular complexity index is 767. The molecule has 5 atom stereocenters. The van der Waals surface area contributed by atoms with Gasteiger partial charge in [0.25, 0.3) is 0 Å². The maximum atomic E-state index is 13.1. The minimum atomic E-state index is -0.235. The van der Waals surface area contributed by atoms with Gasteiger partial charge in [-0.15, -0.1) is 0 Å². The molecule has 0 spiro atoms. The van der Waals surface area contributed by atoms with Crippen LogP contribution in [0.4, 0.5) is 0 Å². The van der Waals surface area contributed by atoms with Crippen molar-refractivity contribution in [2.75, 3.05) is 13.7 Å². The topological polar surface area (TPSA) is 58.6 Å². The number of amides is 2. The second-order valence-electron chi connectivity index (χ2n) is 10.0. The van der Waals surface area contributed by atoms with Gasteiger partial charge in [0.1, 0.15) is 5.75 Å². The molecule has 0 radical (unpaired) electrons. The Kier molecular flexibility index (Phi) is 5.34. The van der Waals surface area contributed by atoms with Gasteiger partial charge in [-0.3, -0.25) is 9.59 Å². The van der Waals surface area contributed by atoms with Crippen molar-refractivity contribution in [3.05, 3.63) is 29.8 Å². The van der Waals surface area contributed by atoms with Crippen LogP contribution in [-0.2, 0) is 9.59 Å². The molecule has 1 heterocycles. The summed E-state index contributed by atoms with van der Waals surface area (Å²) in [6.45, 7) is 6.62. The van der Waals surface area contributed by atoms with Crippen LogP contribution in [0.15, 0.2) is 24.3 Å². The summed E-state index contributed by atoms with van der Waals surface area (Å²) in [7, 11) is 1.68. The minimum Gasteiger partial charge on any atom is -0.497 e. The van der Waals surface area contributed by atoms with Crippen LogP contribution >= 0.6 is 0 Å². The fraction of sp³-hybridized carbons (Fsp3) is 0.667. The van der Waals surface area contributed by atoms with Gasteiger partial charge in [-0.1, -0.05) is 25.0 Å². The van der Waals surface area contributed by atoms with E-state index in [2.05, 4.69) is 17.4 Å². The highest BCUT2D eigenvalue weighted by molar-refractivity contribution is 5.89. The van der Waals surface area contributed by atoms with Crippen molar-refractivity contribution in [1.82, 2.24) is 10.2 Å². The van der Waals surface area contributed by atoms with Gasteiger partial charge in [0.2, 0.25) is 11.8 Å². The molecule has 29 heavy (non-hydrogen) atoms. The molecule has 2 amide bonds. The van der Waals surface area contributed by atoms with Crippen LogP contribution in [0.3, 0.4) is 0 Å². The first-order chi connectivity index (χ1) is 13.8. The summed E-state index contributed by atoms with van der Waals surface area (Å²) in [5.74, 6) is 2.35. The fourth-order valence-corrected chi connectivity index (χ4v) is 5.76. The minimum absolute atomic E-state index is 0.0534. The first kappa shape index (κ1) is 20.2. The van der Waals surface area contributed by atoms with E-state index >= 15 is 0 Å². The molecule has 3 fully saturated rings. The third-order valence-electron chi connectivity index (χ3n) is 7.30. The van der Waals surface area contributed by atoms with E-state index in [9.17, 15) is 9.59 Å². The van der Waals surface area contributed by atoms with Gasteiger partial charge in [0, 0.05) is 30.5 Å². The molecule has 2 aliphatic carbocycles. The number of ether oxygens (including phenoxy) is 1. The second-order valence-corrected chi connectivity index (χ2v) is 10.0. The van der Waals surface area contributed by atoms with E-state index in [-0.39, 0.29) is 29.3 Å². The summed E-state index contributed by atoms with van der Waals surface area (Å²) in [4.78, 5) is 27.4. The molecule has 1 aromatic rings. The first-order valence-corrected chi connectivity index (χ1v) is 11.0. The van der Waals surface area contributed by atoms with Crippen molar-refractivity contribution < 1.29 is 14.3 Å². The molecule has 5 nitrogen and oxygen atoms in total. The second kappa shape index (κ2) is 7.66. The molecule has 0 aromatic heterocycles. The Morgan fingerprint density at radius 2 is 1.76 bits per heavy atom. The quantitative estimate of drug-likeness (QED) is 0.841. The predicted molar refractivity (Wildman–Crippen MR) is 113 cm³/mol. The van der Waals surface area contributed by atoms with Crippen molar-refractivity contribution >= 4 is 11.8 Å². The lowest BCUT2D eigenvalue weighted by molar-refractivity contribution is -0.132. The maximum Gasteiger partial charge on any atom is 0.225 e. The van der Waals surface area contributed by atoms with Crippen molar-refractivity contribution in [2.45, 2.75) is 70.4 Å². The van der Waals surface area contributed by atoms with Crippen LogP contribution in [0.2, 0.25) is 0 Å². The molecule has 1 aromatic carbocycles. The lowest BCUT2D eigenvalue weighted by atomic mass is 9.53. The summed E-state index contributed by atoms with van der Waals surface area (Å²) >= 11 is 0. The molecule has 158 valence electrons. The Morgan fingerprint density at radius 3 is 2.34 bits per heavy atom. The third-order valence-corrected chi connectivity index (χ3v) is 7.30. The Labute approximate surface area is 174 Å². The monoisotopic (exact) mass is 398 g/mol. The number of nitrogens with zero attached hydrogens (tertiary/aromatic N) is 1. The summed E-state index contributed by atoms with van der Waals surface area (Å²) in [6, 6.07) is 8.50. The van der Waals surface area contributed by atoms with Gasteiger partial charge in [-0.2, -0.15) is 0 Å². The normalized spacial score (nSPS) is 31.8. The van der Waals surface area contributed by atoms with Crippen LogP contribution in [0.5, 0.6) is 5.75 Å². The number of nitrogens with one attached hydrogen (secondary N) is 1. The van der Waals surface area contributed by atoms with Crippen molar-refractivity contribution in [1.29, 1.82) is 0 Å². The molecule has 5 heteroatoms. The van der Waals surface area contributed by atoms with Crippen LogP contribution in [0.1, 0.15) is 64.4 Å². The van der Waals surface area contributed by atoms with Gasteiger partial charge in [-0.25, -0.2) is 0 Å². The number of rotatable bonds is 4. The third kappa shape index (κ3) is 3.76. The first-order valence-electron chi connectivity index (χ1n) is 11.0. The number of benzene rings is 1. The lowest BCUT2D eigenvalue weighted by Gasteiger charge is -2.55. The molecule has 0 unspecified atom stereocenters. The number of carbonyl (C=O) groups excluding carboxylic acids is 2. The largest absolute Gasteiger partial charge is 0.497 e. The molecular formula is C24H34N2O3. The van der Waals surface area contributed by atoms with E-state index in [0.717, 1.165) is 5.75 Å². The van der Waals surface area contributed by atoms with Crippen LogP contribution in [0, 0.1) is 17.8 Å². The maximum absolute atomic E-state index is 13.1. The number of carbonyl (C=O) groups is 2. The fourth-order valence-electron chi connectivity index (χ4n) is 5.76. The van der Waals surface area contributed by atoms with Gasteiger partial charge in [0.15, 0.2) is 0 Å². The molecule has 2 saturated carbocycles. The zero-order chi connectivity index (χ0) is 20.8. The SMILES string of the molecule is COc1ccc([C@H]2[C@@H]3CCCC[C@@H]3[C@@H]2NC(=O)[C@@H]2CC(=O)N(C(C)(C)C)C2)cc1. The van der Waals surface area contributed by atoms with Crippen LogP contribution in [0.25, 0.3) is 0 Å². The van der Waals surface area contributed by atoms with E-state index in [1.165, 1.54) is 31.2 Å². The lowest BCUT2D eigenvalue weighted by Crippen LogP contribution is -2.60. The van der Waals surface area contributed by atoms with Crippen molar-refractivity contribution in [3.8, 4) is 5.75 Å². The standard InChI is InChI=1S/C24H34N2O3/c1-24(2,3)26-14-16(13-20(26)27)23(28)25-22-19-8-6-5-7-18(19)21(22)15-9-11-17(29-4)12-10-15/h9-12,16,18-19,21-22H,5-8,13-14H2,1-4H3,(H,25,28)/t16-,18-,19+,21+,22+/m1/s1. The number of hydrogen-bond donors (Lipinski definition) is 1. The highest BCUT2D eigenvalue weighted by Gasteiger charge is 2.52. The van der Waals surface area contributed by atoms with E-state index in [1.807, 2.05) is 37.8 Å². The summed E-state index contributed by atoms with van der Waals surface area (Å²) in [6.07, 6.45) is 5.30. The van der Waals surface area contributed by atoms with E-state index < -0.39 is 0 Å². The molecule has 1 N–H and O–H groups in total. The van der Waals surface area contributed by atoms with Gasteiger partial charge >= 0.3 is 0 Å². The summed E-state index contributed by atoms with van der Waals surface area (Å²) in [5.41, 5.74) is 1.06. The summed E-state index contributed by atoms with van der Waals surface area (Å²) < 4.78 is 5.31. The highest BCUT2D eigenvalue weighted by atomic mass is 16.5. The molecule has 4 rings (SSSR count). The summed E-state index contributed by atoms with van der Waals surface area (Å²) in [5, 5.41) is 3.38. The highest BCUT2D eigenvalue weighted by Crippen LogP contribution is 2.54. The Morgan fingerprint density at radius 1 is 1.10 bits per heavy atom. The number of methoxy groups -OCH3 is 1. The van der Waals surface area contributed by atoms with Gasteiger partial charge < -0.3 is 15.0 Å². The molecule has 3 aliphatic rings. The van der Waals surface area contributed by atoms with Gasteiger partial charge in [0.05, 0.1) is 13.0 Å². The van der Waals surface area contributed by atoms with Crippen molar-refractivity contribution in [3.63, 3.8) is 0 Å². The zero-order valence-corrected chi connectivity index (χ0v) is 18.1. The van der Waals surface area contributed by atoms with Crippen LogP contribution < -0.4 is 10.1 Å². The Hall–Kier alpha value is -2.04. The van der Waals surface area contributed by atoms with E-state index in [0.29, 0.717) is 30.7 Å². The smallest absolute Gasteiger partial charge is 0.225 e. The number of hydrogen-bond acceptors (Lipinski definition) is 3. The number of fused-ring (bicyclic) bond motifs is 1. The van der Waals surface area contributed by atoms with E-state index in [1.54, 1.807) is 7.11 Å². The molecule has 1 saturated heterocycles. The predicted octanol–water partition coefficient (Wildman–Crippen LogP) is 3.73. The molecular weight excluding hydrogens is 364 g/mol. The van der Waals surface area contributed by atoms with E-state index in [4.69, 9.17) is 4.74 Å². The number of likely N-dealkylation sites (tertiary alicyclic amines) is 1. The van der Waals surface area contributed by atoms with Crippen LogP contribution in [-0.4, -0.2) is 41.9 Å². The van der Waals surface area contributed by atoms with Gasteiger partial charge in [-0.05, 0) is 63.1 Å².